The van der Waals surface area contributed by atoms with Crippen molar-refractivity contribution in [1.29, 1.82) is 0 Å². The van der Waals surface area contributed by atoms with Gasteiger partial charge in [0.2, 0.25) is 0 Å². The minimum absolute atomic E-state index is 0.167. The number of carbonyl (C=O) groups is 1. The maximum absolute atomic E-state index is 11.0. The topological polar surface area (TPSA) is 37.3 Å². The average molecular weight is 236 g/mol. The molecule has 0 radical (unpaired) electrons. The third kappa shape index (κ3) is 1.82. The van der Waals surface area contributed by atoms with Crippen LogP contribution in [0.5, 0.6) is 0 Å². The van der Waals surface area contributed by atoms with Crippen molar-refractivity contribution in [3.05, 3.63) is 70.8 Å². The molecule has 0 aromatic heterocycles. The maximum atomic E-state index is 11.0. The van der Waals surface area contributed by atoms with Crippen molar-refractivity contribution in [1.82, 2.24) is 0 Å². The molecule has 2 heteroatoms. The summed E-state index contributed by atoms with van der Waals surface area (Å²) >= 11 is 0. The molecule has 88 valence electrons. The Hall–Kier alpha value is -2.35. The van der Waals surface area contributed by atoms with Crippen molar-refractivity contribution < 1.29 is 9.90 Å². The van der Waals surface area contributed by atoms with E-state index in [0.717, 1.165) is 16.7 Å². The number of allylic oxidation sites excluding steroid dienone is 4. The number of aliphatic carboxylic acids is 1. The molecule has 2 aliphatic carbocycles. The monoisotopic (exact) mass is 236 g/mol. The Kier molecular flexibility index (Phi) is 2.49. The molecule has 1 N–H and O–H groups in total. The van der Waals surface area contributed by atoms with E-state index in [4.69, 9.17) is 5.11 Å². The molecule has 0 amide bonds. The second-order valence-electron chi connectivity index (χ2n) is 4.42. The van der Waals surface area contributed by atoms with Gasteiger partial charge in [0.25, 0.3) is 0 Å². The molecule has 1 atom stereocenters. The predicted octanol–water partition coefficient (Wildman–Crippen LogP) is 3.29. The summed E-state index contributed by atoms with van der Waals surface area (Å²) in [5.41, 5.74) is 3.65. The molecule has 1 unspecified atom stereocenters. The molecular formula is C16H12O2. The van der Waals surface area contributed by atoms with Gasteiger partial charge in [-0.2, -0.15) is 0 Å². The van der Waals surface area contributed by atoms with Crippen LogP contribution in [0.1, 0.15) is 11.1 Å². The van der Waals surface area contributed by atoms with Gasteiger partial charge in [0.1, 0.15) is 0 Å². The van der Waals surface area contributed by atoms with E-state index < -0.39 is 5.97 Å². The number of hydrogen-bond acceptors (Lipinski definition) is 1. The molecule has 18 heavy (non-hydrogen) atoms. The summed E-state index contributed by atoms with van der Waals surface area (Å²) < 4.78 is 0. The first-order valence-electron chi connectivity index (χ1n) is 5.86. The van der Waals surface area contributed by atoms with Gasteiger partial charge in [0.05, 0.1) is 5.57 Å². The van der Waals surface area contributed by atoms with Crippen LogP contribution in [0, 0.1) is 5.92 Å². The lowest BCUT2D eigenvalue weighted by atomic mass is 9.91. The van der Waals surface area contributed by atoms with Gasteiger partial charge in [-0.3, -0.25) is 0 Å². The predicted molar refractivity (Wildman–Crippen MR) is 71.8 cm³/mol. The molecule has 3 rings (SSSR count). The van der Waals surface area contributed by atoms with Gasteiger partial charge in [-0.05, 0) is 22.8 Å². The first kappa shape index (κ1) is 10.8. The van der Waals surface area contributed by atoms with E-state index in [9.17, 15) is 4.79 Å². The minimum atomic E-state index is -0.882. The zero-order chi connectivity index (χ0) is 12.5. The molecule has 0 spiro atoms. The summed E-state index contributed by atoms with van der Waals surface area (Å²) in [7, 11) is 0. The first-order chi connectivity index (χ1) is 8.74. The molecule has 0 aliphatic heterocycles. The zero-order valence-electron chi connectivity index (χ0n) is 9.71. The van der Waals surface area contributed by atoms with Gasteiger partial charge >= 0.3 is 5.97 Å². The highest BCUT2D eigenvalue weighted by Crippen LogP contribution is 2.30. The largest absolute Gasteiger partial charge is 0.478 e. The second-order valence-corrected chi connectivity index (χ2v) is 4.42. The number of rotatable bonds is 1. The van der Waals surface area contributed by atoms with Crippen molar-refractivity contribution in [3.63, 3.8) is 0 Å². The number of carboxylic acids is 1. The van der Waals surface area contributed by atoms with Gasteiger partial charge in [-0.15, -0.1) is 0 Å². The van der Waals surface area contributed by atoms with Crippen LogP contribution in [0.15, 0.2) is 59.7 Å². The van der Waals surface area contributed by atoms with E-state index in [1.807, 2.05) is 24.3 Å². The van der Waals surface area contributed by atoms with E-state index in [1.165, 1.54) is 0 Å². The van der Waals surface area contributed by atoms with Crippen molar-refractivity contribution in [2.45, 2.75) is 0 Å². The standard InChI is InChI=1S/C16H12O2/c17-16(18)14-8-7-12-6-5-11-3-1-2-4-13(11)9-15(12)10-14/h1-10,12H,(H,17,18). The molecule has 0 saturated carbocycles. The highest BCUT2D eigenvalue weighted by atomic mass is 16.4. The Morgan fingerprint density at radius 2 is 1.72 bits per heavy atom. The normalized spacial score (nSPS) is 20.3. The number of carboxylic acid groups (broad SMARTS) is 1. The molecule has 0 heterocycles. The third-order valence-electron chi connectivity index (χ3n) is 3.24. The van der Waals surface area contributed by atoms with E-state index in [1.54, 1.807) is 12.2 Å². The molecule has 2 nitrogen and oxygen atoms in total. The molecule has 0 bridgehead atoms. The molecular weight excluding hydrogens is 224 g/mol. The fourth-order valence-electron chi connectivity index (χ4n) is 2.27. The Labute approximate surface area is 105 Å². The van der Waals surface area contributed by atoms with Crippen LogP contribution in [0.25, 0.3) is 12.2 Å². The summed E-state index contributed by atoms with van der Waals surface area (Å²) in [4.78, 5) is 11.0. The van der Waals surface area contributed by atoms with Crippen molar-refractivity contribution >= 4 is 18.1 Å². The van der Waals surface area contributed by atoms with Crippen LogP contribution in [-0.2, 0) is 4.79 Å². The van der Waals surface area contributed by atoms with E-state index >= 15 is 0 Å². The summed E-state index contributed by atoms with van der Waals surface area (Å²) in [5, 5.41) is 9.03. The van der Waals surface area contributed by atoms with Crippen molar-refractivity contribution in [2.75, 3.05) is 0 Å². The summed E-state index contributed by atoms with van der Waals surface area (Å²) in [6.45, 7) is 0. The van der Waals surface area contributed by atoms with Gasteiger partial charge in [-0.1, -0.05) is 54.6 Å². The number of fused-ring (bicyclic) bond motifs is 2. The summed E-state index contributed by atoms with van der Waals surface area (Å²) in [6.07, 6.45) is 11.6. The molecule has 0 fully saturated rings. The number of benzene rings is 1. The van der Waals surface area contributed by atoms with Gasteiger partial charge in [0.15, 0.2) is 0 Å². The molecule has 1 aromatic carbocycles. The van der Waals surface area contributed by atoms with Crippen LogP contribution < -0.4 is 0 Å². The number of hydrogen-bond donors (Lipinski definition) is 1. The van der Waals surface area contributed by atoms with Crippen molar-refractivity contribution in [2.24, 2.45) is 5.92 Å². The Morgan fingerprint density at radius 3 is 2.50 bits per heavy atom. The van der Waals surface area contributed by atoms with Crippen LogP contribution in [0.2, 0.25) is 0 Å². The van der Waals surface area contributed by atoms with E-state index in [2.05, 4.69) is 24.3 Å². The quantitative estimate of drug-likeness (QED) is 0.812. The lowest BCUT2D eigenvalue weighted by Crippen LogP contribution is -2.06. The van der Waals surface area contributed by atoms with Crippen LogP contribution in [-0.4, -0.2) is 11.1 Å². The van der Waals surface area contributed by atoms with Crippen LogP contribution in [0.3, 0.4) is 0 Å². The summed E-state index contributed by atoms with van der Waals surface area (Å²) in [6, 6.07) is 8.10. The van der Waals surface area contributed by atoms with E-state index in [0.29, 0.717) is 5.57 Å². The molecule has 0 saturated heterocycles. The van der Waals surface area contributed by atoms with Crippen LogP contribution >= 0.6 is 0 Å². The fraction of sp³-hybridized carbons (Fsp3) is 0.0625. The smallest absolute Gasteiger partial charge is 0.335 e. The first-order valence-corrected chi connectivity index (χ1v) is 5.86. The Bertz CT molecular complexity index is 630. The third-order valence-corrected chi connectivity index (χ3v) is 3.24. The van der Waals surface area contributed by atoms with Gasteiger partial charge in [0, 0.05) is 5.92 Å². The van der Waals surface area contributed by atoms with E-state index in [-0.39, 0.29) is 5.92 Å². The van der Waals surface area contributed by atoms with Gasteiger partial charge < -0.3 is 5.11 Å². The minimum Gasteiger partial charge on any atom is -0.478 e. The maximum Gasteiger partial charge on any atom is 0.335 e. The van der Waals surface area contributed by atoms with Crippen molar-refractivity contribution in [3.8, 4) is 0 Å². The Morgan fingerprint density at radius 1 is 1.00 bits per heavy atom. The molecule has 2 aliphatic rings. The summed E-state index contributed by atoms with van der Waals surface area (Å²) in [5.74, 6) is -0.715. The fourth-order valence-corrected chi connectivity index (χ4v) is 2.27. The SMILES string of the molecule is O=C(O)C1=CC2=Cc3ccccc3C=CC2C=C1. The highest BCUT2D eigenvalue weighted by Gasteiger charge is 2.17. The lowest BCUT2D eigenvalue weighted by molar-refractivity contribution is -0.132. The molecule has 1 aromatic rings. The lowest BCUT2D eigenvalue weighted by Gasteiger charge is -2.14. The average Bonchev–Trinajstić information content (AvgIpc) is 2.56. The Balaban J connectivity index is 2.12. The zero-order valence-corrected chi connectivity index (χ0v) is 9.71. The van der Waals surface area contributed by atoms with Gasteiger partial charge in [-0.25, -0.2) is 4.79 Å². The second kappa shape index (κ2) is 4.15. The van der Waals surface area contributed by atoms with Crippen LogP contribution in [0.4, 0.5) is 0 Å². The highest BCUT2D eigenvalue weighted by molar-refractivity contribution is 5.92.